The average molecular weight is 375 g/mol. The Bertz CT molecular complexity index is 718. The van der Waals surface area contributed by atoms with Gasteiger partial charge in [-0.3, -0.25) is 14.1 Å². The summed E-state index contributed by atoms with van der Waals surface area (Å²) in [6.45, 7) is 0.197. The van der Waals surface area contributed by atoms with Gasteiger partial charge in [-0.15, -0.1) is 0 Å². The minimum atomic E-state index is -4.68. The van der Waals surface area contributed by atoms with E-state index >= 15 is 0 Å². The van der Waals surface area contributed by atoms with Crippen molar-refractivity contribution in [1.29, 1.82) is 0 Å². The Morgan fingerprint density at radius 2 is 2.16 bits per heavy atom. The number of phosphoric ester groups is 1. The van der Waals surface area contributed by atoms with E-state index in [4.69, 9.17) is 19.0 Å². The van der Waals surface area contributed by atoms with Gasteiger partial charge in [0.25, 0.3) is 0 Å². The van der Waals surface area contributed by atoms with Crippen LogP contribution in [0.25, 0.3) is 0 Å². The molecule has 12 heteroatoms. The highest BCUT2D eigenvalue weighted by atomic mass is 31.2. The van der Waals surface area contributed by atoms with E-state index in [9.17, 15) is 9.67 Å². The van der Waals surface area contributed by atoms with Gasteiger partial charge < -0.3 is 29.4 Å². The summed E-state index contributed by atoms with van der Waals surface area (Å²) in [6, 6.07) is 0. The summed E-state index contributed by atoms with van der Waals surface area (Å²) in [5.41, 5.74) is 0.697. The van der Waals surface area contributed by atoms with Crippen molar-refractivity contribution in [2.45, 2.75) is 24.9 Å². The number of hydrogen-bond donors (Lipinski definition) is 3. The number of nitrogens with zero attached hydrogens (tertiary/aromatic N) is 5. The maximum absolute atomic E-state index is 11.1. The zero-order valence-corrected chi connectivity index (χ0v) is 15.1. The summed E-state index contributed by atoms with van der Waals surface area (Å²) in [7, 11) is 0.833. The van der Waals surface area contributed by atoms with Crippen LogP contribution in [0.2, 0.25) is 0 Å². The van der Waals surface area contributed by atoms with E-state index in [1.807, 2.05) is 23.9 Å². The highest BCUT2D eigenvalue weighted by Crippen LogP contribution is 2.44. The summed E-state index contributed by atoms with van der Waals surface area (Å²) >= 11 is 0. The number of rotatable bonds is 4. The zero-order chi connectivity index (χ0) is 18.4. The largest absolute Gasteiger partial charge is 0.469 e. The van der Waals surface area contributed by atoms with Gasteiger partial charge in [-0.2, -0.15) is 0 Å². The molecule has 1 fully saturated rings. The number of aromatic nitrogens is 2. The fraction of sp³-hybridized carbons (Fsp3) is 0.692. The van der Waals surface area contributed by atoms with Gasteiger partial charge in [-0.25, -0.2) is 9.55 Å². The second kappa shape index (κ2) is 6.67. The molecule has 0 bridgehead atoms. The molecule has 0 unspecified atom stereocenters. The highest BCUT2D eigenvalue weighted by Gasteiger charge is 2.42. The minimum absolute atomic E-state index is 0.182. The highest BCUT2D eigenvalue weighted by molar-refractivity contribution is 7.46. The molecule has 1 saturated heterocycles. The first kappa shape index (κ1) is 18.3. The molecule has 0 aromatic carbocycles. The van der Waals surface area contributed by atoms with Crippen molar-refractivity contribution >= 4 is 19.5 Å². The van der Waals surface area contributed by atoms with E-state index in [1.165, 1.54) is 0 Å². The Morgan fingerprint density at radius 1 is 1.44 bits per heavy atom. The molecular weight excluding hydrogens is 353 g/mol. The second-order valence-electron chi connectivity index (χ2n) is 6.09. The molecule has 140 valence electrons. The lowest BCUT2D eigenvalue weighted by molar-refractivity contribution is -0.0433. The Balaban J connectivity index is 1.90. The molecule has 3 rings (SSSR count). The SMILES string of the molecule is CN=C1c2ncn([C@H]3C[C@H](OP(=O)(O)O)[C@@H](CO)O3)c2N(C)CN1C. The summed E-state index contributed by atoms with van der Waals surface area (Å²) in [5, 5.41) is 9.43. The Hall–Kier alpha value is -1.49. The van der Waals surface area contributed by atoms with Crippen molar-refractivity contribution in [3.8, 4) is 0 Å². The van der Waals surface area contributed by atoms with E-state index in [0.717, 1.165) is 11.7 Å². The van der Waals surface area contributed by atoms with Gasteiger partial charge in [0.1, 0.15) is 29.9 Å². The van der Waals surface area contributed by atoms with Gasteiger partial charge in [-0.05, 0) is 0 Å². The second-order valence-corrected chi connectivity index (χ2v) is 7.28. The predicted molar refractivity (Wildman–Crippen MR) is 88.3 cm³/mol. The van der Waals surface area contributed by atoms with Crippen LogP contribution in [-0.4, -0.2) is 81.8 Å². The molecule has 1 aromatic heterocycles. The van der Waals surface area contributed by atoms with Crippen molar-refractivity contribution in [3.63, 3.8) is 0 Å². The molecule has 3 N–H and O–H groups in total. The molecule has 0 aliphatic carbocycles. The summed E-state index contributed by atoms with van der Waals surface area (Å²) in [6.07, 6.45) is -0.517. The monoisotopic (exact) mass is 375 g/mol. The molecule has 0 radical (unpaired) electrons. The molecule has 0 saturated carbocycles. The van der Waals surface area contributed by atoms with E-state index in [-0.39, 0.29) is 6.42 Å². The van der Waals surface area contributed by atoms with E-state index < -0.39 is 32.9 Å². The van der Waals surface area contributed by atoms with Crippen LogP contribution in [0.3, 0.4) is 0 Å². The van der Waals surface area contributed by atoms with Crippen molar-refractivity contribution in [2.24, 2.45) is 4.99 Å². The van der Waals surface area contributed by atoms with Crippen LogP contribution >= 0.6 is 7.82 Å². The number of hydrogen-bond acceptors (Lipinski definition) is 7. The molecule has 0 spiro atoms. The molecule has 11 nitrogen and oxygen atoms in total. The fourth-order valence-corrected chi connectivity index (χ4v) is 3.91. The maximum Gasteiger partial charge on any atom is 0.469 e. The van der Waals surface area contributed by atoms with Crippen LogP contribution in [-0.2, 0) is 13.8 Å². The van der Waals surface area contributed by atoms with Crippen molar-refractivity contribution in [3.05, 3.63) is 12.0 Å². The predicted octanol–water partition coefficient (Wildman–Crippen LogP) is -0.644. The molecule has 3 atom stereocenters. The number of ether oxygens (including phenoxy) is 1. The number of anilines is 1. The number of phosphoric acid groups is 1. The van der Waals surface area contributed by atoms with Gasteiger partial charge in [0.2, 0.25) is 0 Å². The summed E-state index contributed by atoms with van der Waals surface area (Å²) < 4.78 is 23.4. The van der Waals surface area contributed by atoms with E-state index in [1.54, 1.807) is 17.9 Å². The van der Waals surface area contributed by atoms with Crippen LogP contribution in [0.1, 0.15) is 18.3 Å². The van der Waals surface area contributed by atoms with Crippen molar-refractivity contribution < 1.29 is 28.7 Å². The molecule has 2 aliphatic rings. The normalized spacial score (nSPS) is 28.7. The maximum atomic E-state index is 11.1. The lowest BCUT2D eigenvalue weighted by atomic mass is 10.2. The molecule has 25 heavy (non-hydrogen) atoms. The summed E-state index contributed by atoms with van der Waals surface area (Å²) in [5.74, 6) is 1.53. The van der Waals surface area contributed by atoms with E-state index in [0.29, 0.717) is 12.4 Å². The average Bonchev–Trinajstić information content (AvgIpc) is 3.10. The summed E-state index contributed by atoms with van der Waals surface area (Å²) in [4.78, 5) is 30.7. The minimum Gasteiger partial charge on any atom is -0.394 e. The Morgan fingerprint density at radius 3 is 2.76 bits per heavy atom. The number of aliphatic hydroxyl groups is 1. The van der Waals surface area contributed by atoms with Crippen LogP contribution in [0, 0.1) is 0 Å². The third-order valence-corrected chi connectivity index (χ3v) is 4.83. The molecule has 0 amide bonds. The van der Waals surface area contributed by atoms with Crippen LogP contribution in [0.15, 0.2) is 11.3 Å². The third-order valence-electron chi connectivity index (χ3n) is 4.28. The molecular formula is C13H22N5O6P. The number of aliphatic imine (C=N–C) groups is 1. The lowest BCUT2D eigenvalue weighted by Crippen LogP contribution is -2.44. The van der Waals surface area contributed by atoms with Crippen molar-refractivity contribution in [2.75, 3.05) is 39.3 Å². The Labute approximate surface area is 144 Å². The third kappa shape index (κ3) is 3.43. The Kier molecular flexibility index (Phi) is 4.89. The van der Waals surface area contributed by atoms with Gasteiger partial charge >= 0.3 is 7.82 Å². The van der Waals surface area contributed by atoms with Crippen LogP contribution < -0.4 is 4.90 Å². The van der Waals surface area contributed by atoms with Gasteiger partial charge in [0.05, 0.1) is 19.6 Å². The number of fused-ring (bicyclic) bond motifs is 1. The zero-order valence-electron chi connectivity index (χ0n) is 14.2. The fourth-order valence-electron chi connectivity index (χ4n) is 3.33. The van der Waals surface area contributed by atoms with Crippen molar-refractivity contribution in [1.82, 2.24) is 14.5 Å². The number of amidine groups is 1. The van der Waals surface area contributed by atoms with Gasteiger partial charge in [0, 0.05) is 27.6 Å². The molecule has 3 heterocycles. The van der Waals surface area contributed by atoms with Crippen LogP contribution in [0.5, 0.6) is 0 Å². The number of imidazole rings is 1. The smallest absolute Gasteiger partial charge is 0.394 e. The van der Waals surface area contributed by atoms with Crippen LogP contribution in [0.4, 0.5) is 5.82 Å². The lowest BCUT2D eigenvalue weighted by Gasteiger charge is -2.34. The topological polar surface area (TPSA) is 133 Å². The first-order valence-corrected chi connectivity index (χ1v) is 9.24. The van der Waals surface area contributed by atoms with Gasteiger partial charge in [0.15, 0.2) is 5.84 Å². The quantitative estimate of drug-likeness (QED) is 0.588. The standard InChI is InChI=1S/C13H22N5O6P/c1-14-12-11-13(17(3)7-16(12)2)18(6-15-11)10-4-8(9(5-19)23-10)24-25(20,21)22/h6,8-10,19H,4-5,7H2,1-3H3,(H2,20,21,22)/t8-,9+,10+/m0/s1. The van der Waals surface area contributed by atoms with E-state index in [2.05, 4.69) is 9.98 Å². The first-order valence-electron chi connectivity index (χ1n) is 7.71. The number of aliphatic hydroxyl groups excluding tert-OH is 1. The van der Waals surface area contributed by atoms with Gasteiger partial charge in [-0.1, -0.05) is 0 Å². The molecule has 1 aromatic rings. The first-order chi connectivity index (χ1) is 11.7. The molecule has 2 aliphatic heterocycles.